The Hall–Kier alpha value is -0.380. The van der Waals surface area contributed by atoms with Crippen molar-refractivity contribution >= 4 is 15.9 Å². The van der Waals surface area contributed by atoms with Crippen LogP contribution in [0.15, 0.2) is 28.7 Å². The second-order valence-electron chi connectivity index (χ2n) is 4.65. The Labute approximate surface area is 112 Å². The third-order valence-corrected chi connectivity index (χ3v) is 4.18. The largest absolute Gasteiger partial charge is 0.378 e. The summed E-state index contributed by atoms with van der Waals surface area (Å²) in [5.41, 5.74) is 1.37. The van der Waals surface area contributed by atoms with Gasteiger partial charge in [0, 0.05) is 17.1 Å². The molecule has 1 saturated heterocycles. The second kappa shape index (κ2) is 6.53. The van der Waals surface area contributed by atoms with Gasteiger partial charge in [-0.1, -0.05) is 34.1 Å². The molecule has 1 N–H and O–H groups in total. The smallest absolute Gasteiger partial charge is 0.0590 e. The molecular weight excluding hydrogens is 278 g/mol. The van der Waals surface area contributed by atoms with Gasteiger partial charge < -0.3 is 10.1 Å². The Bertz CT molecular complexity index is 350. The summed E-state index contributed by atoms with van der Waals surface area (Å²) >= 11 is 3.61. The zero-order valence-electron chi connectivity index (χ0n) is 10.3. The van der Waals surface area contributed by atoms with Crippen LogP contribution in [0.5, 0.6) is 0 Å². The van der Waals surface area contributed by atoms with E-state index in [4.69, 9.17) is 4.74 Å². The Balaban J connectivity index is 1.92. The lowest BCUT2D eigenvalue weighted by Crippen LogP contribution is -2.31. The van der Waals surface area contributed by atoms with Gasteiger partial charge in [-0.3, -0.25) is 0 Å². The summed E-state index contributed by atoms with van der Waals surface area (Å²) in [5.74, 6) is 0. The molecule has 94 valence electrons. The normalized spacial score (nSPS) is 21.6. The van der Waals surface area contributed by atoms with Gasteiger partial charge in [-0.15, -0.1) is 0 Å². The highest BCUT2D eigenvalue weighted by Crippen LogP contribution is 2.22. The Kier molecular flexibility index (Phi) is 5.01. The number of rotatable bonds is 5. The number of hydrogen-bond donors (Lipinski definition) is 1. The molecule has 1 fully saturated rings. The molecule has 17 heavy (non-hydrogen) atoms. The van der Waals surface area contributed by atoms with Crippen LogP contribution in [0.1, 0.15) is 24.8 Å². The number of halogens is 1. The molecule has 0 amide bonds. The van der Waals surface area contributed by atoms with E-state index in [1.54, 1.807) is 0 Å². The van der Waals surface area contributed by atoms with E-state index >= 15 is 0 Å². The number of hydrogen-bond acceptors (Lipinski definition) is 2. The molecule has 2 unspecified atom stereocenters. The maximum absolute atomic E-state index is 5.70. The van der Waals surface area contributed by atoms with E-state index in [1.165, 1.54) is 22.9 Å². The topological polar surface area (TPSA) is 21.3 Å². The molecular formula is C14H20BrNO. The molecule has 0 aromatic heterocycles. The lowest BCUT2D eigenvalue weighted by molar-refractivity contribution is 0.0954. The Morgan fingerprint density at radius 3 is 2.94 bits per heavy atom. The van der Waals surface area contributed by atoms with Crippen molar-refractivity contribution in [2.45, 2.75) is 37.8 Å². The number of nitrogens with one attached hydrogen (secondary N) is 1. The van der Waals surface area contributed by atoms with Gasteiger partial charge in [0.15, 0.2) is 0 Å². The molecule has 0 aliphatic carbocycles. The first-order chi connectivity index (χ1) is 8.29. The van der Waals surface area contributed by atoms with Gasteiger partial charge in [-0.05, 0) is 44.4 Å². The molecule has 1 heterocycles. The predicted molar refractivity (Wildman–Crippen MR) is 74.3 cm³/mol. The molecule has 1 aromatic rings. The zero-order chi connectivity index (χ0) is 12.1. The van der Waals surface area contributed by atoms with Crippen molar-refractivity contribution in [3.63, 3.8) is 0 Å². The van der Waals surface area contributed by atoms with Crippen LogP contribution < -0.4 is 5.32 Å². The van der Waals surface area contributed by atoms with E-state index in [9.17, 15) is 0 Å². The van der Waals surface area contributed by atoms with Crippen LogP contribution in [-0.2, 0) is 11.2 Å². The Morgan fingerprint density at radius 2 is 2.29 bits per heavy atom. The lowest BCUT2D eigenvalue weighted by Gasteiger charge is -2.20. The molecule has 0 saturated carbocycles. The fourth-order valence-electron chi connectivity index (χ4n) is 2.38. The van der Waals surface area contributed by atoms with E-state index in [-0.39, 0.29) is 0 Å². The molecule has 2 rings (SSSR count). The summed E-state index contributed by atoms with van der Waals surface area (Å²) < 4.78 is 6.90. The predicted octanol–water partition coefficient (Wildman–Crippen LogP) is 3.15. The first-order valence-corrected chi connectivity index (χ1v) is 7.11. The van der Waals surface area contributed by atoms with Gasteiger partial charge in [-0.2, -0.15) is 0 Å². The van der Waals surface area contributed by atoms with Crippen LogP contribution in [0.3, 0.4) is 0 Å². The van der Waals surface area contributed by atoms with Gasteiger partial charge in [0.1, 0.15) is 0 Å². The lowest BCUT2D eigenvalue weighted by atomic mass is 9.99. The molecule has 1 aliphatic rings. The summed E-state index contributed by atoms with van der Waals surface area (Å²) in [6.07, 6.45) is 5.05. The first-order valence-electron chi connectivity index (χ1n) is 6.32. The number of benzene rings is 1. The summed E-state index contributed by atoms with van der Waals surface area (Å²) in [4.78, 5) is 0. The molecule has 1 aliphatic heterocycles. The maximum atomic E-state index is 5.70. The highest BCUT2D eigenvalue weighted by molar-refractivity contribution is 9.10. The highest BCUT2D eigenvalue weighted by Gasteiger charge is 2.20. The molecule has 0 radical (unpaired) electrons. The second-order valence-corrected chi connectivity index (χ2v) is 5.51. The van der Waals surface area contributed by atoms with Gasteiger partial charge >= 0.3 is 0 Å². The third-order valence-electron chi connectivity index (χ3n) is 3.40. The van der Waals surface area contributed by atoms with Crippen LogP contribution in [0.2, 0.25) is 0 Å². The monoisotopic (exact) mass is 297 g/mol. The van der Waals surface area contributed by atoms with E-state index < -0.39 is 0 Å². The molecule has 0 spiro atoms. The molecule has 2 nitrogen and oxygen atoms in total. The summed E-state index contributed by atoms with van der Waals surface area (Å²) in [6, 6.07) is 8.94. The van der Waals surface area contributed by atoms with Crippen LogP contribution in [0.25, 0.3) is 0 Å². The molecule has 1 aromatic carbocycles. The third kappa shape index (κ3) is 3.80. The van der Waals surface area contributed by atoms with Crippen LogP contribution in [0, 0.1) is 0 Å². The van der Waals surface area contributed by atoms with Gasteiger partial charge in [0.05, 0.1) is 6.10 Å². The van der Waals surface area contributed by atoms with E-state index in [2.05, 4.69) is 45.5 Å². The van der Waals surface area contributed by atoms with Crippen molar-refractivity contribution in [2.24, 2.45) is 0 Å². The minimum atomic E-state index is 0.454. The van der Waals surface area contributed by atoms with Crippen molar-refractivity contribution in [1.29, 1.82) is 0 Å². The average molecular weight is 298 g/mol. The van der Waals surface area contributed by atoms with Crippen molar-refractivity contribution in [1.82, 2.24) is 5.32 Å². The van der Waals surface area contributed by atoms with Gasteiger partial charge in [-0.25, -0.2) is 0 Å². The summed E-state index contributed by atoms with van der Waals surface area (Å²) in [6.45, 7) is 0.941. The molecule has 3 heteroatoms. The van der Waals surface area contributed by atoms with Crippen LogP contribution in [0.4, 0.5) is 0 Å². The minimum absolute atomic E-state index is 0.454. The van der Waals surface area contributed by atoms with E-state index in [1.807, 2.05) is 7.05 Å². The van der Waals surface area contributed by atoms with Crippen molar-refractivity contribution in [2.75, 3.05) is 13.7 Å². The van der Waals surface area contributed by atoms with Crippen molar-refractivity contribution < 1.29 is 4.74 Å². The molecule has 2 atom stereocenters. The summed E-state index contributed by atoms with van der Waals surface area (Å²) in [5, 5.41) is 3.40. The fraction of sp³-hybridized carbons (Fsp3) is 0.571. The van der Waals surface area contributed by atoms with E-state index in [0.717, 1.165) is 19.4 Å². The van der Waals surface area contributed by atoms with Gasteiger partial charge in [0.25, 0.3) is 0 Å². The van der Waals surface area contributed by atoms with Crippen LogP contribution >= 0.6 is 15.9 Å². The quantitative estimate of drug-likeness (QED) is 0.901. The van der Waals surface area contributed by atoms with Gasteiger partial charge in [0.2, 0.25) is 0 Å². The average Bonchev–Trinajstić information content (AvgIpc) is 2.84. The fourth-order valence-corrected chi connectivity index (χ4v) is 2.83. The van der Waals surface area contributed by atoms with Crippen molar-refractivity contribution in [3.05, 3.63) is 34.3 Å². The number of likely N-dealkylation sites (N-methyl/N-ethyl adjacent to an activating group) is 1. The SMILES string of the molecule is CNC(Cc1ccccc1Br)CC1CCCO1. The molecule has 0 bridgehead atoms. The highest BCUT2D eigenvalue weighted by atomic mass is 79.9. The zero-order valence-corrected chi connectivity index (χ0v) is 11.9. The summed E-state index contributed by atoms with van der Waals surface area (Å²) in [7, 11) is 2.04. The van der Waals surface area contributed by atoms with Crippen molar-refractivity contribution in [3.8, 4) is 0 Å². The first kappa shape index (κ1) is 13.1. The van der Waals surface area contributed by atoms with Crippen LogP contribution in [-0.4, -0.2) is 25.8 Å². The minimum Gasteiger partial charge on any atom is -0.378 e. The van der Waals surface area contributed by atoms with E-state index in [0.29, 0.717) is 12.1 Å². The Morgan fingerprint density at radius 1 is 1.47 bits per heavy atom. The number of ether oxygens (including phenoxy) is 1. The maximum Gasteiger partial charge on any atom is 0.0590 e. The standard InChI is InChI=1S/C14H20BrNO/c1-16-12(10-13-6-4-8-17-13)9-11-5-2-3-7-14(11)15/h2-3,5,7,12-13,16H,4,6,8-10H2,1H3.